The highest BCUT2D eigenvalue weighted by Crippen LogP contribution is 2.19. The lowest BCUT2D eigenvalue weighted by Gasteiger charge is -2.01. The smallest absolute Gasteiger partial charge is 0.213 e. The van der Waals surface area contributed by atoms with Crippen LogP contribution in [0.4, 0.5) is 0 Å². The minimum atomic E-state index is 0.589. The highest BCUT2D eigenvalue weighted by Gasteiger charge is 1.99. The summed E-state index contributed by atoms with van der Waals surface area (Å²) in [5.74, 6) is 0.589. The van der Waals surface area contributed by atoms with Crippen molar-refractivity contribution < 1.29 is 4.74 Å². The topological polar surface area (TPSA) is 47.9 Å². The highest BCUT2D eigenvalue weighted by atomic mass is 16.5. The number of hydrogen-bond acceptors (Lipinski definition) is 4. The Morgan fingerprint density at radius 2 is 1.93 bits per heavy atom. The lowest BCUT2D eigenvalue weighted by Crippen LogP contribution is -1.88. The summed E-state index contributed by atoms with van der Waals surface area (Å²) in [6, 6.07) is 3.74. The van der Waals surface area contributed by atoms with Gasteiger partial charge in [-0.3, -0.25) is 0 Å². The Hall–Kier alpha value is -1.97. The van der Waals surface area contributed by atoms with Crippen molar-refractivity contribution in [2.24, 2.45) is 0 Å². The Labute approximate surface area is 81.6 Å². The summed E-state index contributed by atoms with van der Waals surface area (Å²) >= 11 is 0. The van der Waals surface area contributed by atoms with Crippen LogP contribution in [0.25, 0.3) is 11.1 Å². The number of nitrogens with zero attached hydrogens (tertiary/aromatic N) is 3. The molecule has 0 unspecified atom stereocenters. The third-order valence-electron chi connectivity index (χ3n) is 1.84. The van der Waals surface area contributed by atoms with E-state index in [0.717, 1.165) is 11.1 Å². The quantitative estimate of drug-likeness (QED) is 0.715. The minimum Gasteiger partial charge on any atom is -0.481 e. The van der Waals surface area contributed by atoms with Crippen LogP contribution in [0.15, 0.2) is 37.1 Å². The predicted octanol–water partition coefficient (Wildman–Crippen LogP) is 1.55. The normalized spacial score (nSPS) is 9.79. The molecule has 0 radical (unpaired) electrons. The number of hydrogen-bond donors (Lipinski definition) is 0. The molecular weight excluding hydrogens is 178 g/mol. The summed E-state index contributed by atoms with van der Waals surface area (Å²) in [5, 5.41) is 0. The van der Waals surface area contributed by atoms with Crippen molar-refractivity contribution in [1.82, 2.24) is 15.0 Å². The summed E-state index contributed by atoms with van der Waals surface area (Å²) in [7, 11) is 1.59. The van der Waals surface area contributed by atoms with Crippen LogP contribution in [-0.4, -0.2) is 22.1 Å². The summed E-state index contributed by atoms with van der Waals surface area (Å²) < 4.78 is 5.02. The second kappa shape index (κ2) is 3.83. The van der Waals surface area contributed by atoms with Gasteiger partial charge in [-0.1, -0.05) is 0 Å². The molecule has 2 aromatic heterocycles. The summed E-state index contributed by atoms with van der Waals surface area (Å²) in [4.78, 5) is 11.9. The molecule has 0 saturated heterocycles. The Bertz CT molecular complexity index is 417. The average molecular weight is 187 g/mol. The predicted molar refractivity (Wildman–Crippen MR) is 51.8 cm³/mol. The number of ether oxygens (including phenoxy) is 1. The summed E-state index contributed by atoms with van der Waals surface area (Å²) in [5.41, 5.74) is 1.95. The molecular formula is C10H9N3O. The molecule has 0 fully saturated rings. The zero-order valence-electron chi connectivity index (χ0n) is 7.71. The van der Waals surface area contributed by atoms with E-state index in [1.54, 1.807) is 25.7 Å². The molecule has 2 aromatic rings. The molecule has 14 heavy (non-hydrogen) atoms. The third-order valence-corrected chi connectivity index (χ3v) is 1.84. The molecule has 0 aliphatic rings. The molecule has 4 heteroatoms. The van der Waals surface area contributed by atoms with E-state index in [9.17, 15) is 0 Å². The first-order chi connectivity index (χ1) is 6.90. The first kappa shape index (κ1) is 8.62. The zero-order valence-corrected chi connectivity index (χ0v) is 7.71. The van der Waals surface area contributed by atoms with Gasteiger partial charge in [0.05, 0.1) is 7.11 Å². The van der Waals surface area contributed by atoms with Crippen molar-refractivity contribution in [1.29, 1.82) is 0 Å². The Morgan fingerprint density at radius 3 is 2.64 bits per heavy atom. The third kappa shape index (κ3) is 1.69. The number of methoxy groups -OCH3 is 1. The standard InChI is InChI=1S/C10H9N3O/c1-14-10-4-8(2-3-13-10)9-5-11-7-12-6-9/h2-7H,1H3. The molecule has 70 valence electrons. The fourth-order valence-corrected chi connectivity index (χ4v) is 1.15. The van der Waals surface area contributed by atoms with E-state index in [0.29, 0.717) is 5.88 Å². The van der Waals surface area contributed by atoms with Gasteiger partial charge >= 0.3 is 0 Å². The second-order valence-electron chi connectivity index (χ2n) is 2.71. The minimum absolute atomic E-state index is 0.589. The number of aromatic nitrogens is 3. The summed E-state index contributed by atoms with van der Waals surface area (Å²) in [6.07, 6.45) is 6.70. The zero-order chi connectivity index (χ0) is 9.80. The van der Waals surface area contributed by atoms with E-state index in [1.807, 2.05) is 12.1 Å². The molecule has 0 atom stereocenters. The van der Waals surface area contributed by atoms with Gasteiger partial charge in [0, 0.05) is 30.2 Å². The van der Waals surface area contributed by atoms with Gasteiger partial charge in [-0.15, -0.1) is 0 Å². The van der Waals surface area contributed by atoms with Crippen molar-refractivity contribution in [2.45, 2.75) is 0 Å². The van der Waals surface area contributed by atoms with Gasteiger partial charge in [0.1, 0.15) is 6.33 Å². The maximum atomic E-state index is 5.02. The Kier molecular flexibility index (Phi) is 2.36. The highest BCUT2D eigenvalue weighted by molar-refractivity contribution is 5.61. The molecule has 0 spiro atoms. The SMILES string of the molecule is COc1cc(-c2cncnc2)ccn1. The van der Waals surface area contributed by atoms with Crippen molar-refractivity contribution in [3.63, 3.8) is 0 Å². The molecule has 0 amide bonds. The molecule has 2 heterocycles. The summed E-state index contributed by atoms with van der Waals surface area (Å²) in [6.45, 7) is 0. The van der Waals surface area contributed by atoms with Crippen molar-refractivity contribution in [3.8, 4) is 17.0 Å². The van der Waals surface area contributed by atoms with Crippen LogP contribution >= 0.6 is 0 Å². The Morgan fingerprint density at radius 1 is 1.14 bits per heavy atom. The van der Waals surface area contributed by atoms with E-state index in [-0.39, 0.29) is 0 Å². The van der Waals surface area contributed by atoms with Crippen LogP contribution < -0.4 is 4.74 Å². The molecule has 0 aromatic carbocycles. The van der Waals surface area contributed by atoms with Gasteiger partial charge in [0.25, 0.3) is 0 Å². The molecule has 0 N–H and O–H groups in total. The maximum Gasteiger partial charge on any atom is 0.213 e. The van der Waals surface area contributed by atoms with Crippen LogP contribution in [0.3, 0.4) is 0 Å². The largest absolute Gasteiger partial charge is 0.481 e. The monoisotopic (exact) mass is 187 g/mol. The molecule has 0 aliphatic heterocycles. The molecule has 0 saturated carbocycles. The van der Waals surface area contributed by atoms with E-state index >= 15 is 0 Å². The maximum absolute atomic E-state index is 5.02. The van der Waals surface area contributed by atoms with Crippen LogP contribution in [0.1, 0.15) is 0 Å². The number of rotatable bonds is 2. The lowest BCUT2D eigenvalue weighted by molar-refractivity contribution is 0.398. The first-order valence-electron chi connectivity index (χ1n) is 4.15. The van der Waals surface area contributed by atoms with Gasteiger partial charge in [0.15, 0.2) is 0 Å². The van der Waals surface area contributed by atoms with Gasteiger partial charge in [0.2, 0.25) is 5.88 Å². The van der Waals surface area contributed by atoms with Crippen molar-refractivity contribution in [2.75, 3.05) is 7.11 Å². The van der Waals surface area contributed by atoms with Crippen LogP contribution in [0.5, 0.6) is 5.88 Å². The second-order valence-corrected chi connectivity index (χ2v) is 2.71. The van der Waals surface area contributed by atoms with E-state index < -0.39 is 0 Å². The van der Waals surface area contributed by atoms with Crippen LogP contribution in [0.2, 0.25) is 0 Å². The molecule has 4 nitrogen and oxygen atoms in total. The van der Waals surface area contributed by atoms with Gasteiger partial charge in [-0.25, -0.2) is 15.0 Å². The first-order valence-corrected chi connectivity index (χ1v) is 4.15. The average Bonchev–Trinajstić information content (AvgIpc) is 2.30. The van der Waals surface area contributed by atoms with Crippen molar-refractivity contribution in [3.05, 3.63) is 37.1 Å². The molecule has 0 aliphatic carbocycles. The van der Waals surface area contributed by atoms with E-state index in [2.05, 4.69) is 15.0 Å². The van der Waals surface area contributed by atoms with Gasteiger partial charge in [-0.05, 0) is 11.6 Å². The van der Waals surface area contributed by atoms with E-state index in [4.69, 9.17) is 4.74 Å². The van der Waals surface area contributed by atoms with Crippen LogP contribution in [-0.2, 0) is 0 Å². The number of pyridine rings is 1. The fraction of sp³-hybridized carbons (Fsp3) is 0.100. The Balaban J connectivity index is 2.42. The molecule has 0 bridgehead atoms. The van der Waals surface area contributed by atoms with E-state index in [1.165, 1.54) is 6.33 Å². The fourth-order valence-electron chi connectivity index (χ4n) is 1.15. The lowest BCUT2D eigenvalue weighted by atomic mass is 10.1. The van der Waals surface area contributed by atoms with Gasteiger partial charge in [-0.2, -0.15) is 0 Å². The molecule has 2 rings (SSSR count). The van der Waals surface area contributed by atoms with Gasteiger partial charge < -0.3 is 4.74 Å². The van der Waals surface area contributed by atoms with Crippen LogP contribution in [0, 0.1) is 0 Å². The van der Waals surface area contributed by atoms with Crippen molar-refractivity contribution >= 4 is 0 Å².